The predicted molar refractivity (Wildman–Crippen MR) is 226 cm³/mol. The van der Waals surface area contributed by atoms with E-state index in [1.165, 1.54) is 43.2 Å². The Kier molecular flexibility index (Phi) is 14.1. The number of hydrogen-bond donors (Lipinski definition) is 8. The number of thiocarbonyl (C=S) groups is 1. The number of carbonyl (C=O) groups is 4. The number of phenols is 1. The first-order valence-electron chi connectivity index (χ1n) is 19.6. The second kappa shape index (κ2) is 18.8. The number of benzene rings is 3. The Morgan fingerprint density at radius 2 is 1.62 bits per heavy atom. The smallest absolute Gasteiger partial charge is 0.336 e. The second-order valence-electron chi connectivity index (χ2n) is 16.5. The highest BCUT2D eigenvalue weighted by molar-refractivity contribution is 7.80. The highest BCUT2D eigenvalue weighted by Gasteiger charge is 2.30. The maximum Gasteiger partial charge on any atom is 0.336 e. The van der Waals surface area contributed by atoms with E-state index < -0.39 is 34.8 Å². The minimum absolute atomic E-state index is 0.0199. The van der Waals surface area contributed by atoms with Crippen molar-refractivity contribution in [2.24, 2.45) is 5.41 Å². The molecule has 0 radical (unpaired) electrons. The number of rotatable bonds is 18. The van der Waals surface area contributed by atoms with E-state index in [4.69, 9.17) is 16.6 Å². The zero-order valence-corrected chi connectivity index (χ0v) is 34.1. The van der Waals surface area contributed by atoms with Crippen LogP contribution in [0.2, 0.25) is 0 Å². The molecule has 2 aromatic carbocycles. The third kappa shape index (κ3) is 12.0. The van der Waals surface area contributed by atoms with Crippen molar-refractivity contribution in [3.05, 3.63) is 70.4 Å². The van der Waals surface area contributed by atoms with Gasteiger partial charge in [-0.1, -0.05) is 32.8 Å². The fourth-order valence-electron chi connectivity index (χ4n) is 7.35. The molecule has 310 valence electrons. The molecule has 1 saturated carbocycles. The van der Waals surface area contributed by atoms with Crippen molar-refractivity contribution < 1.29 is 38.9 Å². The molecular formula is C43H53N5O9S. The highest BCUT2D eigenvalue weighted by Crippen LogP contribution is 2.42. The van der Waals surface area contributed by atoms with Crippen LogP contribution >= 0.6 is 12.2 Å². The van der Waals surface area contributed by atoms with Gasteiger partial charge in [0.1, 0.15) is 23.1 Å². The molecule has 0 bridgehead atoms. The Hall–Kier alpha value is -5.54. The van der Waals surface area contributed by atoms with Gasteiger partial charge in [-0.3, -0.25) is 14.4 Å². The molecule has 58 heavy (non-hydrogen) atoms. The SMILES string of the molecule is CC(C)(CCC(C)(C)NC(=S)Nc1ccc(-c2c3ccc(=O)cc-3oc3cc(O)ccc23)c(C(=O)O)c1)CC(=O)NC(CCC(=O)NCCNC1CCCC1)C(=O)O. The van der Waals surface area contributed by atoms with Crippen molar-refractivity contribution in [2.75, 3.05) is 18.4 Å². The summed E-state index contributed by atoms with van der Waals surface area (Å²) in [6.07, 6.45) is 5.91. The number of aromatic carboxylic acids is 1. The topological polar surface area (TPSA) is 219 Å². The molecule has 1 fully saturated rings. The maximum absolute atomic E-state index is 13.0. The van der Waals surface area contributed by atoms with Gasteiger partial charge in [-0.15, -0.1) is 0 Å². The predicted octanol–water partition coefficient (Wildman–Crippen LogP) is 6.23. The lowest BCUT2D eigenvalue weighted by Gasteiger charge is -2.33. The number of fused-ring (bicyclic) bond motifs is 2. The first kappa shape index (κ1) is 43.6. The van der Waals surface area contributed by atoms with E-state index in [1.807, 2.05) is 27.7 Å². The molecule has 3 aliphatic rings. The number of carboxylic acid groups (broad SMARTS) is 2. The van der Waals surface area contributed by atoms with Gasteiger partial charge in [-0.25, -0.2) is 9.59 Å². The average Bonchev–Trinajstić information content (AvgIpc) is 3.66. The van der Waals surface area contributed by atoms with E-state index in [9.17, 15) is 39.3 Å². The van der Waals surface area contributed by atoms with Gasteiger partial charge >= 0.3 is 11.9 Å². The minimum atomic E-state index is -1.20. The number of carbonyl (C=O) groups excluding carboxylic acids is 2. The number of anilines is 1. The molecule has 2 aromatic rings. The number of hydrogen-bond acceptors (Lipinski definition) is 9. The Balaban J connectivity index is 1.15. The molecule has 0 spiro atoms. The normalized spacial score (nSPS) is 13.9. The van der Waals surface area contributed by atoms with Gasteiger partial charge in [0.15, 0.2) is 10.5 Å². The largest absolute Gasteiger partial charge is 0.508 e. The summed E-state index contributed by atoms with van der Waals surface area (Å²) in [5.41, 5.74) is 0.736. The molecule has 0 aromatic heterocycles. The zero-order chi connectivity index (χ0) is 42.2. The van der Waals surface area contributed by atoms with Crippen molar-refractivity contribution in [2.45, 2.75) is 103 Å². The number of aliphatic carboxylic acids is 1. The molecular weight excluding hydrogens is 763 g/mol. The fourth-order valence-corrected chi connectivity index (χ4v) is 7.74. The van der Waals surface area contributed by atoms with E-state index in [-0.39, 0.29) is 58.4 Å². The van der Waals surface area contributed by atoms with Crippen molar-refractivity contribution >= 4 is 57.7 Å². The van der Waals surface area contributed by atoms with Crippen LogP contribution in [-0.4, -0.2) is 74.9 Å². The molecule has 1 aliphatic heterocycles. The van der Waals surface area contributed by atoms with Crippen LogP contribution in [0.1, 0.15) is 95.8 Å². The van der Waals surface area contributed by atoms with Crippen LogP contribution in [-0.2, 0) is 14.4 Å². The van der Waals surface area contributed by atoms with Crippen LogP contribution in [0.5, 0.6) is 5.75 Å². The summed E-state index contributed by atoms with van der Waals surface area (Å²) in [5.74, 6) is -2.87. The molecule has 14 nitrogen and oxygen atoms in total. The molecule has 8 N–H and O–H groups in total. The molecule has 1 atom stereocenters. The van der Waals surface area contributed by atoms with Crippen LogP contribution in [0, 0.1) is 5.41 Å². The Labute approximate surface area is 342 Å². The molecule has 2 aliphatic carbocycles. The van der Waals surface area contributed by atoms with E-state index in [1.54, 1.807) is 24.3 Å². The quantitative estimate of drug-likeness (QED) is 0.0318. The van der Waals surface area contributed by atoms with E-state index in [0.29, 0.717) is 59.7 Å². The lowest BCUT2D eigenvalue weighted by atomic mass is 9.80. The average molecular weight is 816 g/mol. The van der Waals surface area contributed by atoms with Crippen molar-refractivity contribution in [1.29, 1.82) is 0 Å². The van der Waals surface area contributed by atoms with Crippen LogP contribution in [0.3, 0.4) is 0 Å². The number of phenolic OH excluding ortho intramolecular Hbond substituents is 1. The Bertz CT molecular complexity index is 2190. The summed E-state index contributed by atoms with van der Waals surface area (Å²) >= 11 is 5.63. The fraction of sp³-hybridized carbons (Fsp3) is 0.442. The molecule has 15 heteroatoms. The van der Waals surface area contributed by atoms with Crippen LogP contribution in [0.4, 0.5) is 5.69 Å². The Morgan fingerprint density at radius 3 is 2.33 bits per heavy atom. The molecule has 1 heterocycles. The van der Waals surface area contributed by atoms with Crippen LogP contribution in [0.15, 0.2) is 63.8 Å². The lowest BCUT2D eigenvalue weighted by molar-refractivity contribution is -0.142. The first-order valence-corrected chi connectivity index (χ1v) is 20.0. The van der Waals surface area contributed by atoms with E-state index in [2.05, 4.69) is 26.6 Å². The first-order chi connectivity index (χ1) is 27.4. The van der Waals surface area contributed by atoms with Gasteiger partial charge < -0.3 is 46.3 Å². The van der Waals surface area contributed by atoms with Crippen molar-refractivity contribution in [3.63, 3.8) is 0 Å². The summed E-state index contributed by atoms with van der Waals surface area (Å²) in [7, 11) is 0. The molecule has 5 rings (SSSR count). The van der Waals surface area contributed by atoms with Gasteiger partial charge in [0.2, 0.25) is 11.8 Å². The number of carboxylic acids is 2. The summed E-state index contributed by atoms with van der Waals surface area (Å²) in [4.78, 5) is 62.1. The van der Waals surface area contributed by atoms with Crippen molar-refractivity contribution in [3.8, 4) is 28.2 Å². The standard InChI is InChI=1S/C43H53N5O9S/c1-42(2,24-37(52)47-33(40(55)56)15-16-36(51)45-20-19-44-25-7-5-6-8-25)17-18-43(3,4)48-41(58)46-26-9-12-29(32(21-26)39(53)54)38-30-13-10-27(49)22-34(30)57-35-23-28(50)11-14-31(35)38/h9-14,21-23,25,33,44,49H,5-8,15-20,24H2,1-4H3,(H,45,51)(H,47,52)(H,53,54)(H,55,56)(H2,46,48,58). The molecule has 2 amide bonds. The number of amides is 2. The van der Waals surface area contributed by atoms with Crippen molar-refractivity contribution in [1.82, 2.24) is 21.3 Å². The van der Waals surface area contributed by atoms with Crippen LogP contribution < -0.4 is 32.0 Å². The minimum Gasteiger partial charge on any atom is -0.508 e. The van der Waals surface area contributed by atoms with Crippen LogP contribution in [0.25, 0.3) is 33.4 Å². The van der Waals surface area contributed by atoms with Gasteiger partial charge in [-0.2, -0.15) is 0 Å². The summed E-state index contributed by atoms with van der Waals surface area (Å²) < 4.78 is 5.92. The lowest BCUT2D eigenvalue weighted by Crippen LogP contribution is -2.46. The number of nitrogens with one attached hydrogen (secondary N) is 5. The van der Waals surface area contributed by atoms with Gasteiger partial charge in [-0.05, 0) is 106 Å². The highest BCUT2D eigenvalue weighted by atomic mass is 32.1. The number of aromatic hydroxyl groups is 1. The van der Waals surface area contributed by atoms with Gasteiger partial charge in [0.05, 0.1) is 5.56 Å². The maximum atomic E-state index is 13.0. The summed E-state index contributed by atoms with van der Waals surface area (Å²) in [5, 5.41) is 46.1. The van der Waals surface area contributed by atoms with Gasteiger partial charge in [0.25, 0.3) is 0 Å². The Morgan fingerprint density at radius 1 is 0.897 bits per heavy atom. The third-order valence-corrected chi connectivity index (χ3v) is 10.7. The van der Waals surface area contributed by atoms with E-state index >= 15 is 0 Å². The molecule has 0 saturated heterocycles. The summed E-state index contributed by atoms with van der Waals surface area (Å²) in [6, 6.07) is 12.9. The molecule has 1 unspecified atom stereocenters. The monoisotopic (exact) mass is 815 g/mol. The van der Waals surface area contributed by atoms with E-state index in [0.717, 1.165) is 12.8 Å². The summed E-state index contributed by atoms with van der Waals surface area (Å²) in [6.45, 7) is 8.85. The third-order valence-electron chi connectivity index (χ3n) is 10.5. The zero-order valence-electron chi connectivity index (χ0n) is 33.3. The second-order valence-corrected chi connectivity index (χ2v) is 16.9. The van der Waals surface area contributed by atoms with Gasteiger partial charge in [0, 0.05) is 71.8 Å².